The Kier molecular flexibility index (Phi) is 4.77. The molecule has 21 heavy (non-hydrogen) atoms. The van der Waals surface area contributed by atoms with Gasteiger partial charge in [-0.1, -0.05) is 0 Å². The molecule has 6 heteroatoms. The Hall–Kier alpha value is -1.11. The molecule has 0 aromatic carbocycles. The maximum absolute atomic E-state index is 12.1. The molecule has 0 spiro atoms. The summed E-state index contributed by atoms with van der Waals surface area (Å²) >= 11 is 4.91. The van der Waals surface area contributed by atoms with Gasteiger partial charge in [-0.05, 0) is 76.4 Å². The van der Waals surface area contributed by atoms with E-state index < -0.39 is 0 Å². The summed E-state index contributed by atoms with van der Waals surface area (Å²) in [6, 6.07) is 5.80. The number of nitrogens with zero attached hydrogens (tertiary/aromatic N) is 1. The zero-order valence-electron chi connectivity index (χ0n) is 11.5. The second-order valence-electron chi connectivity index (χ2n) is 5.13. The predicted molar refractivity (Wildman–Crippen MR) is 86.6 cm³/mol. The average molecular weight is 369 g/mol. The van der Waals surface area contributed by atoms with Gasteiger partial charge in [0, 0.05) is 6.54 Å². The second-order valence-corrected chi connectivity index (χ2v) is 6.69. The van der Waals surface area contributed by atoms with E-state index in [1.54, 1.807) is 23.5 Å². The first-order chi connectivity index (χ1) is 10.2. The molecule has 0 saturated carbocycles. The Bertz CT molecular complexity index is 591. The van der Waals surface area contributed by atoms with Crippen LogP contribution in [0.5, 0.6) is 0 Å². The molecule has 1 unspecified atom stereocenters. The Balaban J connectivity index is 1.66. The van der Waals surface area contributed by atoms with Gasteiger partial charge < -0.3 is 9.73 Å². The number of carbonyl (C=O) groups excluding carboxylic acids is 1. The minimum atomic E-state index is -0.167. The number of rotatable bonds is 5. The van der Waals surface area contributed by atoms with Crippen molar-refractivity contribution in [2.24, 2.45) is 0 Å². The lowest BCUT2D eigenvalue weighted by Crippen LogP contribution is -2.36. The molecule has 1 fully saturated rings. The van der Waals surface area contributed by atoms with E-state index in [0.29, 0.717) is 17.0 Å². The largest absolute Gasteiger partial charge is 0.444 e. The summed E-state index contributed by atoms with van der Waals surface area (Å²) in [5.74, 6) is 0.174. The van der Waals surface area contributed by atoms with Crippen molar-refractivity contribution < 1.29 is 9.21 Å². The molecule has 1 saturated heterocycles. The molecule has 3 rings (SSSR count). The molecule has 1 aliphatic heterocycles. The van der Waals surface area contributed by atoms with Crippen LogP contribution in [0.4, 0.5) is 0 Å². The van der Waals surface area contributed by atoms with Crippen LogP contribution in [-0.4, -0.2) is 30.4 Å². The van der Waals surface area contributed by atoms with Crippen LogP contribution in [0.1, 0.15) is 35.0 Å². The maximum Gasteiger partial charge on any atom is 0.287 e. The van der Waals surface area contributed by atoms with Gasteiger partial charge in [0.25, 0.3) is 5.91 Å². The molecule has 112 valence electrons. The highest BCUT2D eigenvalue weighted by Crippen LogP contribution is 2.26. The topological polar surface area (TPSA) is 45.5 Å². The molecular weight excluding hydrogens is 352 g/mol. The van der Waals surface area contributed by atoms with Crippen LogP contribution in [0.2, 0.25) is 0 Å². The van der Waals surface area contributed by atoms with E-state index in [4.69, 9.17) is 4.42 Å². The average Bonchev–Trinajstić information content (AvgIpc) is 3.21. The highest BCUT2D eigenvalue weighted by Gasteiger charge is 2.24. The van der Waals surface area contributed by atoms with E-state index in [1.165, 1.54) is 18.4 Å². The summed E-state index contributed by atoms with van der Waals surface area (Å²) in [7, 11) is 0. The molecule has 0 aliphatic carbocycles. The minimum absolute atomic E-state index is 0.167. The van der Waals surface area contributed by atoms with Crippen molar-refractivity contribution in [3.05, 3.63) is 45.0 Å². The first-order valence-electron chi connectivity index (χ1n) is 7.04. The smallest absolute Gasteiger partial charge is 0.287 e. The second kappa shape index (κ2) is 6.77. The fourth-order valence-electron chi connectivity index (χ4n) is 2.69. The highest BCUT2D eigenvalue weighted by atomic mass is 79.9. The van der Waals surface area contributed by atoms with Crippen molar-refractivity contribution in [3.8, 4) is 0 Å². The van der Waals surface area contributed by atoms with E-state index in [1.807, 2.05) is 0 Å². The van der Waals surface area contributed by atoms with E-state index in [9.17, 15) is 4.79 Å². The van der Waals surface area contributed by atoms with Crippen molar-refractivity contribution in [2.45, 2.75) is 18.9 Å². The quantitative estimate of drug-likeness (QED) is 0.875. The molecule has 4 nitrogen and oxygen atoms in total. The van der Waals surface area contributed by atoms with Crippen molar-refractivity contribution in [1.29, 1.82) is 0 Å². The van der Waals surface area contributed by atoms with Gasteiger partial charge in [0.05, 0.1) is 6.04 Å². The zero-order chi connectivity index (χ0) is 14.7. The van der Waals surface area contributed by atoms with Crippen LogP contribution < -0.4 is 5.32 Å². The number of likely N-dealkylation sites (tertiary alicyclic amines) is 1. The molecule has 1 atom stereocenters. The van der Waals surface area contributed by atoms with Crippen LogP contribution in [0, 0.1) is 0 Å². The normalized spacial score (nSPS) is 17.0. The van der Waals surface area contributed by atoms with Gasteiger partial charge in [-0.3, -0.25) is 9.69 Å². The predicted octanol–water partition coefficient (Wildman–Crippen LogP) is 3.67. The molecule has 1 N–H and O–H groups in total. The molecule has 1 aliphatic rings. The summed E-state index contributed by atoms with van der Waals surface area (Å²) < 4.78 is 5.86. The number of nitrogens with one attached hydrogen (secondary N) is 1. The van der Waals surface area contributed by atoms with E-state index in [2.05, 4.69) is 43.0 Å². The van der Waals surface area contributed by atoms with Crippen molar-refractivity contribution in [2.75, 3.05) is 19.6 Å². The van der Waals surface area contributed by atoms with Gasteiger partial charge >= 0.3 is 0 Å². The van der Waals surface area contributed by atoms with Crippen LogP contribution >= 0.6 is 27.3 Å². The zero-order valence-corrected chi connectivity index (χ0v) is 14.0. The lowest BCUT2D eigenvalue weighted by Gasteiger charge is -2.27. The minimum Gasteiger partial charge on any atom is -0.444 e. The summed E-state index contributed by atoms with van der Waals surface area (Å²) in [5, 5.41) is 7.24. The number of halogens is 1. The Morgan fingerprint density at radius 3 is 2.81 bits per heavy atom. The first-order valence-corrected chi connectivity index (χ1v) is 8.77. The van der Waals surface area contributed by atoms with E-state index >= 15 is 0 Å². The molecule has 2 aromatic rings. The fraction of sp³-hybridized carbons (Fsp3) is 0.400. The summed E-state index contributed by atoms with van der Waals surface area (Å²) in [6.07, 6.45) is 2.47. The van der Waals surface area contributed by atoms with Crippen LogP contribution in [0.3, 0.4) is 0 Å². The molecule has 2 aromatic heterocycles. The van der Waals surface area contributed by atoms with E-state index in [0.717, 1.165) is 13.1 Å². The summed E-state index contributed by atoms with van der Waals surface area (Å²) in [6.45, 7) is 2.80. The van der Waals surface area contributed by atoms with Crippen molar-refractivity contribution >= 4 is 33.2 Å². The number of carbonyl (C=O) groups is 1. The third-order valence-corrected chi connectivity index (χ3v) is 4.89. The lowest BCUT2D eigenvalue weighted by atomic mass is 10.1. The standard InChI is InChI=1S/C15H17BrN2O2S/c16-14-4-3-13(20-14)15(19)17-9-12(11-5-8-21-10-11)18-6-1-2-7-18/h3-5,8,10,12H,1-2,6-7,9H2,(H,17,19). The summed E-state index contributed by atoms with van der Waals surface area (Å²) in [4.78, 5) is 14.6. The van der Waals surface area contributed by atoms with Crippen molar-refractivity contribution in [1.82, 2.24) is 10.2 Å². The van der Waals surface area contributed by atoms with Crippen LogP contribution in [0.25, 0.3) is 0 Å². The van der Waals surface area contributed by atoms with Crippen LogP contribution in [0.15, 0.2) is 38.0 Å². The number of amides is 1. The number of thiophene rings is 1. The Morgan fingerprint density at radius 2 is 2.19 bits per heavy atom. The van der Waals surface area contributed by atoms with Gasteiger partial charge in [0.15, 0.2) is 10.4 Å². The van der Waals surface area contributed by atoms with Gasteiger partial charge in [-0.25, -0.2) is 0 Å². The Morgan fingerprint density at radius 1 is 1.38 bits per heavy atom. The SMILES string of the molecule is O=C(NCC(c1ccsc1)N1CCCC1)c1ccc(Br)o1. The van der Waals surface area contributed by atoms with Crippen LogP contribution in [-0.2, 0) is 0 Å². The van der Waals surface area contributed by atoms with Gasteiger partial charge in [0.1, 0.15) is 0 Å². The maximum atomic E-state index is 12.1. The number of hydrogen-bond donors (Lipinski definition) is 1. The molecule has 3 heterocycles. The van der Waals surface area contributed by atoms with Gasteiger partial charge in [0.2, 0.25) is 0 Å². The number of furan rings is 1. The van der Waals surface area contributed by atoms with Crippen molar-refractivity contribution in [3.63, 3.8) is 0 Å². The molecule has 0 bridgehead atoms. The molecular formula is C15H17BrN2O2S. The molecule has 1 amide bonds. The first kappa shape index (κ1) is 14.8. The highest BCUT2D eigenvalue weighted by molar-refractivity contribution is 9.10. The van der Waals surface area contributed by atoms with Gasteiger partial charge in [-0.2, -0.15) is 11.3 Å². The van der Waals surface area contributed by atoms with Gasteiger partial charge in [-0.15, -0.1) is 0 Å². The number of hydrogen-bond acceptors (Lipinski definition) is 4. The van der Waals surface area contributed by atoms with E-state index in [-0.39, 0.29) is 11.9 Å². The monoisotopic (exact) mass is 368 g/mol. The molecule has 0 radical (unpaired) electrons. The summed E-state index contributed by atoms with van der Waals surface area (Å²) in [5.41, 5.74) is 1.28. The fourth-order valence-corrected chi connectivity index (χ4v) is 3.70. The Labute approximate surface area is 136 Å². The third-order valence-electron chi connectivity index (χ3n) is 3.76. The lowest BCUT2D eigenvalue weighted by molar-refractivity contribution is 0.0909. The third kappa shape index (κ3) is 3.56.